The standard InChI is InChI=1S/C18H20F3N3.HI/c1-22-18(23-10-8-13-2-4-15(19)5-3-13)24-11-9-14-12-16(20)6-7-17(14)21;/h2-7,12H,8-11H2,1H3,(H2,22,23,24);1H. The first-order valence-electron chi connectivity index (χ1n) is 7.71. The van der Waals surface area contributed by atoms with Crippen molar-refractivity contribution in [2.75, 3.05) is 20.1 Å². The van der Waals surface area contributed by atoms with E-state index in [0.717, 1.165) is 24.1 Å². The molecule has 2 aromatic carbocycles. The molecule has 0 heterocycles. The summed E-state index contributed by atoms with van der Waals surface area (Å²) in [6, 6.07) is 9.75. The minimum atomic E-state index is -0.451. The molecule has 0 aliphatic heterocycles. The number of aliphatic imine (C=N–C) groups is 1. The zero-order valence-corrected chi connectivity index (χ0v) is 16.2. The molecular weight excluding hydrogens is 442 g/mol. The van der Waals surface area contributed by atoms with Crippen LogP contribution < -0.4 is 10.6 Å². The number of nitrogens with one attached hydrogen (secondary N) is 2. The molecular formula is C18H21F3IN3. The van der Waals surface area contributed by atoms with Gasteiger partial charge in [-0.05, 0) is 54.3 Å². The van der Waals surface area contributed by atoms with Crippen molar-refractivity contribution in [3.05, 3.63) is 71.0 Å². The Morgan fingerprint density at radius 1 is 0.880 bits per heavy atom. The van der Waals surface area contributed by atoms with E-state index in [0.29, 0.717) is 31.0 Å². The first-order chi connectivity index (χ1) is 11.6. The molecule has 2 aromatic rings. The van der Waals surface area contributed by atoms with Crippen molar-refractivity contribution in [3.8, 4) is 0 Å². The molecule has 0 spiro atoms. The number of benzene rings is 2. The normalized spacial score (nSPS) is 11.0. The van der Waals surface area contributed by atoms with Crippen LogP contribution in [0.15, 0.2) is 47.5 Å². The van der Waals surface area contributed by atoms with Gasteiger partial charge in [-0.3, -0.25) is 4.99 Å². The molecule has 0 atom stereocenters. The average molecular weight is 463 g/mol. The van der Waals surface area contributed by atoms with E-state index in [2.05, 4.69) is 15.6 Å². The molecule has 2 N–H and O–H groups in total. The molecule has 0 aliphatic carbocycles. The van der Waals surface area contributed by atoms with E-state index in [4.69, 9.17) is 0 Å². The molecule has 0 saturated heterocycles. The van der Waals surface area contributed by atoms with Gasteiger partial charge in [0.2, 0.25) is 0 Å². The zero-order valence-electron chi connectivity index (χ0n) is 13.9. The summed E-state index contributed by atoms with van der Waals surface area (Å²) in [6.45, 7) is 1.05. The van der Waals surface area contributed by atoms with Crippen molar-refractivity contribution in [1.29, 1.82) is 0 Å². The molecule has 0 aromatic heterocycles. The number of hydrogen-bond donors (Lipinski definition) is 2. The second-order valence-corrected chi connectivity index (χ2v) is 5.29. The lowest BCUT2D eigenvalue weighted by Gasteiger charge is -2.12. The Labute approximate surface area is 162 Å². The largest absolute Gasteiger partial charge is 0.356 e. The van der Waals surface area contributed by atoms with Gasteiger partial charge in [-0.1, -0.05) is 12.1 Å². The third-order valence-electron chi connectivity index (χ3n) is 3.54. The van der Waals surface area contributed by atoms with E-state index < -0.39 is 11.6 Å². The van der Waals surface area contributed by atoms with Crippen LogP contribution in [-0.2, 0) is 12.8 Å². The minimum Gasteiger partial charge on any atom is -0.356 e. The predicted octanol–water partition coefficient (Wildman–Crippen LogP) is 3.67. The maximum atomic E-state index is 13.5. The van der Waals surface area contributed by atoms with Gasteiger partial charge in [-0.25, -0.2) is 13.2 Å². The summed E-state index contributed by atoms with van der Waals surface area (Å²) in [5, 5.41) is 6.17. The molecule has 0 saturated carbocycles. The Morgan fingerprint density at radius 2 is 1.48 bits per heavy atom. The fourth-order valence-corrected chi connectivity index (χ4v) is 2.25. The number of guanidine groups is 1. The van der Waals surface area contributed by atoms with Gasteiger partial charge < -0.3 is 10.6 Å². The van der Waals surface area contributed by atoms with Crippen LogP contribution in [-0.4, -0.2) is 26.1 Å². The molecule has 0 aliphatic rings. The van der Waals surface area contributed by atoms with Gasteiger partial charge in [-0.2, -0.15) is 0 Å². The third-order valence-corrected chi connectivity index (χ3v) is 3.54. The van der Waals surface area contributed by atoms with Crippen molar-refractivity contribution in [2.24, 2.45) is 4.99 Å². The van der Waals surface area contributed by atoms with Gasteiger partial charge in [-0.15, -0.1) is 24.0 Å². The Morgan fingerprint density at radius 3 is 2.12 bits per heavy atom. The van der Waals surface area contributed by atoms with Gasteiger partial charge >= 0.3 is 0 Å². The van der Waals surface area contributed by atoms with Gasteiger partial charge in [0.05, 0.1) is 0 Å². The lowest BCUT2D eigenvalue weighted by atomic mass is 10.1. The van der Waals surface area contributed by atoms with Crippen molar-refractivity contribution >= 4 is 29.9 Å². The predicted molar refractivity (Wildman–Crippen MR) is 105 cm³/mol. The average Bonchev–Trinajstić information content (AvgIpc) is 2.58. The molecule has 0 amide bonds. The third kappa shape index (κ3) is 7.33. The Hall–Kier alpha value is -1.77. The molecule has 7 heteroatoms. The highest BCUT2D eigenvalue weighted by Crippen LogP contribution is 2.09. The Kier molecular flexibility index (Phi) is 9.33. The summed E-state index contributed by atoms with van der Waals surface area (Å²) in [6.07, 6.45) is 1.07. The number of nitrogens with zero attached hydrogens (tertiary/aromatic N) is 1. The lowest BCUT2D eigenvalue weighted by molar-refractivity contribution is 0.583. The van der Waals surface area contributed by atoms with Crippen molar-refractivity contribution in [3.63, 3.8) is 0 Å². The second kappa shape index (κ2) is 11.0. The fourth-order valence-electron chi connectivity index (χ4n) is 2.25. The van der Waals surface area contributed by atoms with Crippen LogP contribution in [0.4, 0.5) is 13.2 Å². The molecule has 0 unspecified atom stereocenters. The van der Waals surface area contributed by atoms with Gasteiger partial charge in [0.1, 0.15) is 17.5 Å². The van der Waals surface area contributed by atoms with Crippen molar-refractivity contribution < 1.29 is 13.2 Å². The SMILES string of the molecule is CN=C(NCCc1ccc(F)cc1)NCCc1cc(F)ccc1F.I. The highest BCUT2D eigenvalue weighted by Gasteiger charge is 2.04. The van der Waals surface area contributed by atoms with Crippen LogP contribution in [0.2, 0.25) is 0 Å². The summed E-state index contributed by atoms with van der Waals surface area (Å²) < 4.78 is 39.5. The van der Waals surface area contributed by atoms with E-state index in [9.17, 15) is 13.2 Å². The maximum Gasteiger partial charge on any atom is 0.190 e. The first-order valence-corrected chi connectivity index (χ1v) is 7.71. The number of halogens is 4. The summed E-state index contributed by atoms with van der Waals surface area (Å²) in [5.41, 5.74) is 1.34. The number of rotatable bonds is 6. The molecule has 0 bridgehead atoms. The van der Waals surface area contributed by atoms with E-state index in [1.165, 1.54) is 18.2 Å². The molecule has 2 rings (SSSR count). The summed E-state index contributed by atoms with van der Waals surface area (Å²) in [5.74, 6) is -0.548. The van der Waals surface area contributed by atoms with Crippen LogP contribution in [0.5, 0.6) is 0 Å². The second-order valence-electron chi connectivity index (χ2n) is 5.29. The summed E-state index contributed by atoms with van der Waals surface area (Å²) in [7, 11) is 1.63. The summed E-state index contributed by atoms with van der Waals surface area (Å²) >= 11 is 0. The van der Waals surface area contributed by atoms with Gasteiger partial charge in [0, 0.05) is 20.1 Å². The van der Waals surface area contributed by atoms with Crippen molar-refractivity contribution in [2.45, 2.75) is 12.8 Å². The molecule has 136 valence electrons. The molecule has 25 heavy (non-hydrogen) atoms. The lowest BCUT2D eigenvalue weighted by Crippen LogP contribution is -2.39. The Balaban J connectivity index is 0.00000312. The molecule has 3 nitrogen and oxygen atoms in total. The first kappa shape index (κ1) is 21.3. The molecule has 0 fully saturated rings. The number of hydrogen-bond acceptors (Lipinski definition) is 1. The fraction of sp³-hybridized carbons (Fsp3) is 0.278. The van der Waals surface area contributed by atoms with Crippen LogP contribution in [0.1, 0.15) is 11.1 Å². The zero-order chi connectivity index (χ0) is 17.4. The summed E-state index contributed by atoms with van der Waals surface area (Å²) in [4.78, 5) is 4.07. The quantitative estimate of drug-likeness (QED) is 0.390. The highest BCUT2D eigenvalue weighted by atomic mass is 127. The smallest absolute Gasteiger partial charge is 0.190 e. The van der Waals surface area contributed by atoms with Crippen LogP contribution >= 0.6 is 24.0 Å². The topological polar surface area (TPSA) is 36.4 Å². The van der Waals surface area contributed by atoms with Gasteiger partial charge in [0.15, 0.2) is 5.96 Å². The van der Waals surface area contributed by atoms with Crippen LogP contribution in [0, 0.1) is 17.5 Å². The van der Waals surface area contributed by atoms with E-state index in [1.54, 1.807) is 19.2 Å². The van der Waals surface area contributed by atoms with E-state index in [-0.39, 0.29) is 29.8 Å². The highest BCUT2D eigenvalue weighted by molar-refractivity contribution is 14.0. The Bertz CT molecular complexity index is 690. The monoisotopic (exact) mass is 463 g/mol. The van der Waals surface area contributed by atoms with Gasteiger partial charge in [0.25, 0.3) is 0 Å². The van der Waals surface area contributed by atoms with Crippen molar-refractivity contribution in [1.82, 2.24) is 10.6 Å². The minimum absolute atomic E-state index is 0. The van der Waals surface area contributed by atoms with Crippen LogP contribution in [0.25, 0.3) is 0 Å². The van der Waals surface area contributed by atoms with E-state index in [1.807, 2.05) is 0 Å². The maximum absolute atomic E-state index is 13.5. The van der Waals surface area contributed by atoms with Crippen LogP contribution in [0.3, 0.4) is 0 Å². The van der Waals surface area contributed by atoms with E-state index >= 15 is 0 Å². The molecule has 0 radical (unpaired) electrons.